The molecule has 2 rings (SSSR count). The van der Waals surface area contributed by atoms with Crippen LogP contribution < -0.4 is 10.6 Å². The number of hydrogen-bond donors (Lipinski definition) is 2. The Morgan fingerprint density at radius 1 is 1.17 bits per heavy atom. The quantitative estimate of drug-likeness (QED) is 0.334. The molecule has 0 spiro atoms. The molecule has 1 aromatic heterocycles. The molecule has 4 nitrogen and oxygen atoms in total. The van der Waals surface area contributed by atoms with Crippen LogP contribution in [0, 0.1) is 5.82 Å². The van der Waals surface area contributed by atoms with Crippen molar-refractivity contribution in [3.05, 3.63) is 60.2 Å². The van der Waals surface area contributed by atoms with E-state index in [0.29, 0.717) is 6.54 Å². The third kappa shape index (κ3) is 7.00. The first-order valence-corrected chi connectivity index (χ1v) is 9.07. The zero-order valence-corrected chi connectivity index (χ0v) is 14.7. The Hall–Kier alpha value is -2.08. The lowest BCUT2D eigenvalue weighted by Crippen LogP contribution is -2.38. The van der Waals surface area contributed by atoms with E-state index in [9.17, 15) is 4.39 Å². The Labute approximate surface area is 147 Å². The Morgan fingerprint density at radius 2 is 2.00 bits per heavy atom. The molecule has 2 N–H and O–H groups in total. The SMILES string of the molecule is CCNC(=NCCc1ccccn1)NCCSc1ccc(F)cc1. The predicted octanol–water partition coefficient (Wildman–Crippen LogP) is 3.11. The van der Waals surface area contributed by atoms with Gasteiger partial charge in [-0.3, -0.25) is 9.98 Å². The molecule has 0 saturated heterocycles. The van der Waals surface area contributed by atoms with Crippen molar-refractivity contribution in [2.45, 2.75) is 18.2 Å². The molecule has 128 valence electrons. The highest BCUT2D eigenvalue weighted by Crippen LogP contribution is 2.17. The molecule has 0 aliphatic heterocycles. The number of hydrogen-bond acceptors (Lipinski definition) is 3. The minimum absolute atomic E-state index is 0.202. The Balaban J connectivity index is 1.71. The van der Waals surface area contributed by atoms with E-state index in [-0.39, 0.29) is 5.82 Å². The molecule has 6 heteroatoms. The lowest BCUT2D eigenvalue weighted by atomic mass is 10.3. The zero-order valence-electron chi connectivity index (χ0n) is 13.8. The Kier molecular flexibility index (Phi) is 8.10. The topological polar surface area (TPSA) is 49.3 Å². The number of aromatic nitrogens is 1. The van der Waals surface area contributed by atoms with E-state index in [0.717, 1.165) is 41.8 Å². The number of halogens is 1. The van der Waals surface area contributed by atoms with Gasteiger partial charge in [0, 0.05) is 48.6 Å². The van der Waals surface area contributed by atoms with Gasteiger partial charge in [0.05, 0.1) is 0 Å². The molecule has 0 atom stereocenters. The minimum atomic E-state index is -0.202. The first-order valence-electron chi connectivity index (χ1n) is 8.08. The number of rotatable bonds is 8. The third-order valence-electron chi connectivity index (χ3n) is 3.19. The molecule has 0 saturated carbocycles. The fourth-order valence-electron chi connectivity index (χ4n) is 2.04. The van der Waals surface area contributed by atoms with Crippen molar-refractivity contribution < 1.29 is 4.39 Å². The van der Waals surface area contributed by atoms with Crippen LogP contribution in [0.15, 0.2) is 58.5 Å². The monoisotopic (exact) mass is 346 g/mol. The van der Waals surface area contributed by atoms with Gasteiger partial charge in [-0.15, -0.1) is 11.8 Å². The smallest absolute Gasteiger partial charge is 0.191 e. The number of aliphatic imine (C=N–C) groups is 1. The fraction of sp³-hybridized carbons (Fsp3) is 0.333. The first-order chi connectivity index (χ1) is 11.8. The van der Waals surface area contributed by atoms with Crippen molar-refractivity contribution in [2.75, 3.05) is 25.4 Å². The van der Waals surface area contributed by atoms with Gasteiger partial charge >= 0.3 is 0 Å². The molecule has 0 aliphatic rings. The summed E-state index contributed by atoms with van der Waals surface area (Å²) in [5.41, 5.74) is 1.05. The molecule has 0 bridgehead atoms. The minimum Gasteiger partial charge on any atom is -0.357 e. The van der Waals surface area contributed by atoms with Crippen LogP contribution in [0.3, 0.4) is 0 Å². The lowest BCUT2D eigenvalue weighted by Gasteiger charge is -2.11. The van der Waals surface area contributed by atoms with Crippen molar-refractivity contribution >= 4 is 17.7 Å². The average molecular weight is 346 g/mol. The summed E-state index contributed by atoms with van der Waals surface area (Å²) in [6.45, 7) is 4.35. The summed E-state index contributed by atoms with van der Waals surface area (Å²) < 4.78 is 12.9. The molecule has 24 heavy (non-hydrogen) atoms. The number of guanidine groups is 1. The van der Waals surface area contributed by atoms with E-state index in [4.69, 9.17) is 0 Å². The first kappa shape index (κ1) is 18.3. The maximum absolute atomic E-state index is 12.9. The molecule has 1 heterocycles. The van der Waals surface area contributed by atoms with E-state index >= 15 is 0 Å². The molecule has 1 aromatic carbocycles. The van der Waals surface area contributed by atoms with Gasteiger partial charge in [0.1, 0.15) is 5.82 Å². The second kappa shape index (κ2) is 10.6. The van der Waals surface area contributed by atoms with Crippen molar-refractivity contribution in [3.8, 4) is 0 Å². The van der Waals surface area contributed by atoms with Gasteiger partial charge in [-0.25, -0.2) is 4.39 Å². The van der Waals surface area contributed by atoms with E-state index in [1.54, 1.807) is 30.1 Å². The Morgan fingerprint density at radius 3 is 2.71 bits per heavy atom. The lowest BCUT2D eigenvalue weighted by molar-refractivity contribution is 0.626. The molecular weight excluding hydrogens is 323 g/mol. The number of nitrogens with one attached hydrogen (secondary N) is 2. The van der Waals surface area contributed by atoms with E-state index < -0.39 is 0 Å². The van der Waals surface area contributed by atoms with Crippen molar-refractivity contribution in [3.63, 3.8) is 0 Å². The van der Waals surface area contributed by atoms with Gasteiger partial charge < -0.3 is 10.6 Å². The summed E-state index contributed by atoms with van der Waals surface area (Å²) in [4.78, 5) is 9.92. The van der Waals surface area contributed by atoms with Gasteiger partial charge in [-0.2, -0.15) is 0 Å². The van der Waals surface area contributed by atoms with Gasteiger partial charge in [-0.05, 0) is 43.3 Å². The summed E-state index contributed by atoms with van der Waals surface area (Å²) in [5.74, 6) is 1.50. The van der Waals surface area contributed by atoms with Crippen LogP contribution in [-0.4, -0.2) is 36.3 Å². The van der Waals surface area contributed by atoms with Crippen molar-refractivity contribution in [1.82, 2.24) is 15.6 Å². The molecule has 0 radical (unpaired) electrons. The van der Waals surface area contributed by atoms with Crippen LogP contribution in [0.2, 0.25) is 0 Å². The maximum atomic E-state index is 12.9. The third-order valence-corrected chi connectivity index (χ3v) is 4.20. The zero-order chi connectivity index (χ0) is 17.0. The molecular formula is C18H23FN4S. The van der Waals surface area contributed by atoms with Crippen LogP contribution in [0.4, 0.5) is 4.39 Å². The standard InChI is InChI=1S/C18H23FN4S/c1-2-20-18(22-12-10-16-5-3-4-11-21-16)23-13-14-24-17-8-6-15(19)7-9-17/h3-9,11H,2,10,12-14H2,1H3,(H2,20,22,23). The highest BCUT2D eigenvalue weighted by atomic mass is 32.2. The molecule has 2 aromatic rings. The van der Waals surface area contributed by atoms with Gasteiger partial charge in [-0.1, -0.05) is 6.07 Å². The highest BCUT2D eigenvalue weighted by Gasteiger charge is 1.99. The summed E-state index contributed by atoms with van der Waals surface area (Å²) in [5, 5.41) is 6.55. The average Bonchev–Trinajstić information content (AvgIpc) is 2.61. The fourth-order valence-corrected chi connectivity index (χ4v) is 2.81. The number of thioether (sulfide) groups is 1. The van der Waals surface area contributed by atoms with Gasteiger partial charge in [0.15, 0.2) is 5.96 Å². The van der Waals surface area contributed by atoms with Crippen LogP contribution in [0.5, 0.6) is 0 Å². The summed E-state index contributed by atoms with van der Waals surface area (Å²) in [6.07, 6.45) is 2.62. The van der Waals surface area contributed by atoms with Crippen molar-refractivity contribution in [2.24, 2.45) is 4.99 Å². The van der Waals surface area contributed by atoms with Crippen LogP contribution in [0.25, 0.3) is 0 Å². The highest BCUT2D eigenvalue weighted by molar-refractivity contribution is 7.99. The second-order valence-electron chi connectivity index (χ2n) is 5.06. The number of benzene rings is 1. The van der Waals surface area contributed by atoms with Crippen LogP contribution in [-0.2, 0) is 6.42 Å². The van der Waals surface area contributed by atoms with E-state index in [1.807, 2.05) is 25.1 Å². The van der Waals surface area contributed by atoms with Crippen molar-refractivity contribution in [1.29, 1.82) is 0 Å². The van der Waals surface area contributed by atoms with Crippen LogP contribution in [0.1, 0.15) is 12.6 Å². The maximum Gasteiger partial charge on any atom is 0.191 e. The Bertz CT molecular complexity index is 617. The summed E-state index contributed by atoms with van der Waals surface area (Å²) in [6, 6.07) is 12.5. The van der Waals surface area contributed by atoms with E-state index in [2.05, 4.69) is 20.6 Å². The van der Waals surface area contributed by atoms with E-state index in [1.165, 1.54) is 12.1 Å². The molecule has 0 aliphatic carbocycles. The number of pyridine rings is 1. The van der Waals surface area contributed by atoms with Crippen LogP contribution >= 0.6 is 11.8 Å². The second-order valence-corrected chi connectivity index (χ2v) is 6.23. The molecule has 0 unspecified atom stereocenters. The summed E-state index contributed by atoms with van der Waals surface area (Å²) in [7, 11) is 0. The molecule has 0 amide bonds. The predicted molar refractivity (Wildman–Crippen MR) is 99.0 cm³/mol. The van der Waals surface area contributed by atoms with Gasteiger partial charge in [0.2, 0.25) is 0 Å². The normalized spacial score (nSPS) is 11.3. The molecule has 0 fully saturated rings. The largest absolute Gasteiger partial charge is 0.357 e. The van der Waals surface area contributed by atoms with Gasteiger partial charge in [0.25, 0.3) is 0 Å². The summed E-state index contributed by atoms with van der Waals surface area (Å²) >= 11 is 1.69. The number of nitrogens with zero attached hydrogens (tertiary/aromatic N) is 2.